The van der Waals surface area contributed by atoms with Crippen molar-refractivity contribution < 1.29 is 46.9 Å². The van der Waals surface area contributed by atoms with E-state index in [-0.39, 0.29) is 35.9 Å². The molecule has 6 aliphatic rings. The van der Waals surface area contributed by atoms with Crippen molar-refractivity contribution in [1.82, 2.24) is 4.90 Å². The largest absolute Gasteiger partial charge is 0.462 e. The highest BCUT2D eigenvalue weighted by Crippen LogP contribution is 2.61. The van der Waals surface area contributed by atoms with Crippen molar-refractivity contribution in [2.24, 2.45) is 35.5 Å². The number of hydrogen-bond donors (Lipinski definition) is 0. The maximum absolute atomic E-state index is 13.8. The Labute approximate surface area is 238 Å². The van der Waals surface area contributed by atoms with E-state index < -0.39 is 72.0 Å². The number of nitrogens with zero attached hydrogens (tertiary/aromatic N) is 1. The SMILES string of the molecule is CC(F)(F)COC(=O)C1C2CCC(O2)C1C(=O)OC1C2CC3C(C(=O)N(C(C)(C)C)C31)C2C(=O)OC1CCCCC1. The summed E-state index contributed by atoms with van der Waals surface area (Å²) < 4.78 is 49.7. The molecular weight excluding hydrogens is 540 g/mol. The summed E-state index contributed by atoms with van der Waals surface area (Å²) in [5, 5.41) is 0. The second-order valence-corrected chi connectivity index (χ2v) is 14.1. The van der Waals surface area contributed by atoms with Gasteiger partial charge in [-0.15, -0.1) is 0 Å². The van der Waals surface area contributed by atoms with E-state index in [1.165, 1.54) is 0 Å². The molecule has 6 fully saturated rings. The quantitative estimate of drug-likeness (QED) is 0.331. The van der Waals surface area contributed by atoms with E-state index in [1.807, 2.05) is 20.8 Å². The van der Waals surface area contributed by atoms with Crippen molar-refractivity contribution in [3.05, 3.63) is 0 Å². The molecule has 0 aromatic carbocycles. The highest BCUT2D eigenvalue weighted by atomic mass is 19.3. The van der Waals surface area contributed by atoms with E-state index >= 15 is 0 Å². The Hall–Kier alpha value is -2.30. The molecule has 0 aromatic heterocycles. The van der Waals surface area contributed by atoms with Gasteiger partial charge in [0.25, 0.3) is 5.92 Å². The van der Waals surface area contributed by atoms with Crippen LogP contribution in [0.5, 0.6) is 0 Å². The zero-order chi connectivity index (χ0) is 29.4. The fourth-order valence-corrected chi connectivity index (χ4v) is 8.78. The van der Waals surface area contributed by atoms with Gasteiger partial charge in [-0.25, -0.2) is 8.78 Å². The normalized spacial score (nSPS) is 39.9. The molecule has 6 rings (SSSR count). The van der Waals surface area contributed by atoms with Gasteiger partial charge in [-0.2, -0.15) is 0 Å². The fourth-order valence-electron chi connectivity index (χ4n) is 8.78. The van der Waals surface area contributed by atoms with Crippen LogP contribution in [0.1, 0.15) is 79.1 Å². The molecular formula is C30H41F2NO8. The number of alkyl halides is 2. The smallest absolute Gasteiger partial charge is 0.312 e. The molecule has 3 saturated heterocycles. The van der Waals surface area contributed by atoms with Crippen LogP contribution >= 0.6 is 0 Å². The molecule has 41 heavy (non-hydrogen) atoms. The molecule has 1 amide bonds. The van der Waals surface area contributed by atoms with Crippen LogP contribution in [0.4, 0.5) is 8.78 Å². The van der Waals surface area contributed by atoms with Crippen molar-refractivity contribution in [2.75, 3.05) is 6.61 Å². The minimum Gasteiger partial charge on any atom is -0.462 e. The van der Waals surface area contributed by atoms with E-state index in [2.05, 4.69) is 0 Å². The molecule has 0 N–H and O–H groups in total. The van der Waals surface area contributed by atoms with Gasteiger partial charge in [0.05, 0.1) is 41.9 Å². The summed E-state index contributed by atoms with van der Waals surface area (Å²) >= 11 is 0. The summed E-state index contributed by atoms with van der Waals surface area (Å²) in [5.74, 6) is -8.99. The molecule has 0 aromatic rings. The number of likely N-dealkylation sites (tertiary alicyclic amines) is 1. The number of carbonyl (C=O) groups excluding carboxylic acids is 4. The molecule has 10 atom stereocenters. The van der Waals surface area contributed by atoms with Crippen LogP contribution in [-0.4, -0.2) is 77.2 Å². The van der Waals surface area contributed by atoms with Crippen molar-refractivity contribution in [3.63, 3.8) is 0 Å². The molecule has 9 nitrogen and oxygen atoms in total. The molecule has 3 aliphatic carbocycles. The maximum Gasteiger partial charge on any atom is 0.312 e. The van der Waals surface area contributed by atoms with Crippen molar-refractivity contribution in [1.29, 1.82) is 0 Å². The number of hydrogen-bond acceptors (Lipinski definition) is 8. The monoisotopic (exact) mass is 581 g/mol. The molecule has 0 radical (unpaired) electrons. The minimum absolute atomic E-state index is 0.107. The molecule has 228 valence electrons. The number of amides is 1. The van der Waals surface area contributed by atoms with Gasteiger partial charge in [-0.05, 0) is 71.6 Å². The maximum atomic E-state index is 13.8. The average molecular weight is 582 g/mol. The summed E-state index contributed by atoms with van der Waals surface area (Å²) in [6.07, 6.45) is 4.31. The van der Waals surface area contributed by atoms with Gasteiger partial charge in [0.1, 0.15) is 12.2 Å². The Morgan fingerprint density at radius 2 is 1.46 bits per heavy atom. The zero-order valence-corrected chi connectivity index (χ0v) is 24.2. The molecule has 3 aliphatic heterocycles. The number of rotatable bonds is 7. The lowest BCUT2D eigenvalue weighted by molar-refractivity contribution is -0.175. The third-order valence-electron chi connectivity index (χ3n) is 10.2. The Kier molecular flexibility index (Phi) is 7.14. The van der Waals surface area contributed by atoms with Gasteiger partial charge in [-0.1, -0.05) is 6.42 Å². The Morgan fingerprint density at radius 3 is 2.07 bits per heavy atom. The van der Waals surface area contributed by atoms with Crippen LogP contribution in [0.15, 0.2) is 0 Å². The number of carbonyl (C=O) groups is 4. The van der Waals surface area contributed by atoms with Crippen LogP contribution in [0.2, 0.25) is 0 Å². The summed E-state index contributed by atoms with van der Waals surface area (Å²) in [4.78, 5) is 55.9. The number of fused-ring (bicyclic) bond motifs is 3. The van der Waals surface area contributed by atoms with Crippen LogP contribution in [0.25, 0.3) is 0 Å². The first-order valence-electron chi connectivity index (χ1n) is 15.2. The second-order valence-electron chi connectivity index (χ2n) is 14.1. The summed E-state index contributed by atoms with van der Waals surface area (Å²) in [7, 11) is 0. The fraction of sp³-hybridized carbons (Fsp3) is 0.867. The molecule has 0 spiro atoms. The predicted octanol–water partition coefficient (Wildman–Crippen LogP) is 3.66. The standard InChI is InChI=1S/C30H41F2NO8/c1-29(2,3)33-23-15-12-16(20(19(15)25(33)34)27(36)39-14-8-6-5-7-9-14)24(23)41-28(37)22-18-11-10-17(40-18)21(22)26(35)38-13-30(4,31)32/h14-24H,5-13H2,1-4H3. The van der Waals surface area contributed by atoms with Crippen LogP contribution < -0.4 is 0 Å². The minimum atomic E-state index is -3.20. The number of ether oxygens (including phenoxy) is 4. The van der Waals surface area contributed by atoms with Crippen LogP contribution in [0, 0.1) is 35.5 Å². The topological polar surface area (TPSA) is 108 Å². The van der Waals surface area contributed by atoms with Gasteiger partial charge in [0.15, 0.2) is 6.61 Å². The van der Waals surface area contributed by atoms with Gasteiger partial charge in [0, 0.05) is 18.4 Å². The first-order chi connectivity index (χ1) is 19.3. The Balaban J connectivity index is 1.24. The number of esters is 3. The van der Waals surface area contributed by atoms with Crippen LogP contribution in [0.3, 0.4) is 0 Å². The highest BCUT2D eigenvalue weighted by Gasteiger charge is 2.72. The van der Waals surface area contributed by atoms with E-state index in [9.17, 15) is 28.0 Å². The Bertz CT molecular complexity index is 1100. The van der Waals surface area contributed by atoms with E-state index in [0.29, 0.717) is 26.2 Å². The molecule has 4 bridgehead atoms. The Morgan fingerprint density at radius 1 is 0.854 bits per heavy atom. The van der Waals surface area contributed by atoms with Crippen molar-refractivity contribution in [3.8, 4) is 0 Å². The van der Waals surface area contributed by atoms with E-state index in [1.54, 1.807) is 4.90 Å². The second kappa shape index (κ2) is 10.2. The summed E-state index contributed by atoms with van der Waals surface area (Å²) in [6, 6.07) is -0.385. The summed E-state index contributed by atoms with van der Waals surface area (Å²) in [5.41, 5.74) is -0.566. The van der Waals surface area contributed by atoms with Crippen molar-refractivity contribution >= 4 is 23.8 Å². The van der Waals surface area contributed by atoms with Crippen LogP contribution in [-0.2, 0) is 38.1 Å². The lowest BCUT2D eigenvalue weighted by Gasteiger charge is -2.40. The van der Waals surface area contributed by atoms with Gasteiger partial charge in [0.2, 0.25) is 5.91 Å². The van der Waals surface area contributed by atoms with Gasteiger partial charge < -0.3 is 23.8 Å². The molecule has 3 heterocycles. The lowest BCUT2D eigenvalue weighted by atomic mass is 9.77. The first-order valence-corrected chi connectivity index (χ1v) is 15.2. The van der Waals surface area contributed by atoms with E-state index in [0.717, 1.165) is 32.1 Å². The summed E-state index contributed by atoms with van der Waals surface area (Å²) in [6.45, 7) is 5.36. The molecule has 11 heteroatoms. The average Bonchev–Trinajstić information content (AvgIpc) is 3.68. The third kappa shape index (κ3) is 4.93. The molecule has 3 saturated carbocycles. The number of halogens is 2. The van der Waals surface area contributed by atoms with Gasteiger partial charge in [-0.3, -0.25) is 19.2 Å². The van der Waals surface area contributed by atoms with E-state index in [4.69, 9.17) is 18.9 Å². The highest BCUT2D eigenvalue weighted by molar-refractivity contribution is 5.91. The lowest BCUT2D eigenvalue weighted by Crippen LogP contribution is -2.53. The predicted molar refractivity (Wildman–Crippen MR) is 138 cm³/mol. The molecule has 10 unspecified atom stereocenters. The van der Waals surface area contributed by atoms with Crippen molar-refractivity contribution in [2.45, 2.75) is 121 Å². The first kappa shape index (κ1) is 28.8. The van der Waals surface area contributed by atoms with Gasteiger partial charge >= 0.3 is 17.9 Å². The zero-order valence-electron chi connectivity index (χ0n) is 24.2. The third-order valence-corrected chi connectivity index (χ3v) is 10.2.